The van der Waals surface area contributed by atoms with Crippen LogP contribution in [0, 0.1) is 26.2 Å². The lowest BCUT2D eigenvalue weighted by atomic mass is 9.70. The van der Waals surface area contributed by atoms with Gasteiger partial charge in [0.05, 0.1) is 12.0 Å². The van der Waals surface area contributed by atoms with Gasteiger partial charge in [0.2, 0.25) is 27.6 Å². The molecule has 1 aliphatic carbocycles. The lowest BCUT2D eigenvalue weighted by molar-refractivity contribution is -0.147. The van der Waals surface area contributed by atoms with Gasteiger partial charge >= 0.3 is 12.1 Å². The largest absolute Gasteiger partial charge is 0.481 e. The predicted octanol–water partition coefficient (Wildman–Crippen LogP) is 6.29. The maximum atomic E-state index is 14.5. The van der Waals surface area contributed by atoms with Gasteiger partial charge in [0.25, 0.3) is 0 Å². The first kappa shape index (κ1) is 38.0. The fourth-order valence-corrected chi connectivity index (χ4v) is 9.31. The van der Waals surface area contributed by atoms with E-state index in [4.69, 9.17) is 9.47 Å². The number of fused-ring (bicyclic) bond motifs is 2. The zero-order valence-electron chi connectivity index (χ0n) is 31.0. The van der Waals surface area contributed by atoms with Crippen molar-refractivity contribution in [3.05, 3.63) is 75.7 Å². The number of aryl methyl sites for hydroxylation is 3. The van der Waals surface area contributed by atoms with Crippen molar-refractivity contribution in [1.82, 2.24) is 28.8 Å². The maximum absolute atomic E-state index is 14.5. The van der Waals surface area contributed by atoms with Gasteiger partial charge in [-0.2, -0.15) is 22.5 Å². The number of rotatable bonds is 10. The molecule has 1 saturated heterocycles. The fraction of sp³-hybridized carbons (Fsp3) is 0.526. The number of piperidine rings is 1. The van der Waals surface area contributed by atoms with Crippen LogP contribution >= 0.6 is 0 Å². The average Bonchev–Trinajstić information content (AvgIpc) is 3.72. The normalized spacial score (nSPS) is 19.3. The average molecular weight is 771 g/mol. The summed E-state index contributed by atoms with van der Waals surface area (Å²) < 4.78 is 84.6. The summed E-state index contributed by atoms with van der Waals surface area (Å²) in [6.45, 7) is 11.6. The van der Waals surface area contributed by atoms with E-state index in [2.05, 4.69) is 20.1 Å². The van der Waals surface area contributed by atoms with Gasteiger partial charge in [-0.3, -0.25) is 14.1 Å². The van der Waals surface area contributed by atoms with Gasteiger partial charge in [-0.25, -0.2) is 8.42 Å². The number of likely N-dealkylation sites (tertiary alicyclic amines) is 1. The van der Waals surface area contributed by atoms with Crippen molar-refractivity contribution in [3.63, 3.8) is 0 Å². The highest BCUT2D eigenvalue weighted by atomic mass is 32.2. The Morgan fingerprint density at radius 3 is 2.43 bits per heavy atom. The predicted molar refractivity (Wildman–Crippen MR) is 192 cm³/mol. The number of hydrogen-bond donors (Lipinski definition) is 1. The molecule has 7 rings (SSSR count). The molecule has 1 atom stereocenters. The second kappa shape index (κ2) is 13.8. The van der Waals surface area contributed by atoms with Crippen LogP contribution in [0.3, 0.4) is 0 Å². The van der Waals surface area contributed by atoms with Gasteiger partial charge in [0, 0.05) is 30.8 Å². The van der Waals surface area contributed by atoms with Gasteiger partial charge in [-0.15, -0.1) is 10.2 Å². The molecule has 2 aliphatic heterocycles. The number of alkyl halides is 3. The van der Waals surface area contributed by atoms with E-state index in [1.165, 1.54) is 35.8 Å². The number of aliphatic carboxylic acids is 1. The number of halogens is 3. The monoisotopic (exact) mass is 770 g/mol. The maximum Gasteiger partial charge on any atom is 0.452 e. The highest BCUT2D eigenvalue weighted by Gasteiger charge is 2.53. The van der Waals surface area contributed by atoms with Gasteiger partial charge < -0.3 is 14.6 Å². The molecule has 4 aromatic rings. The number of carbonyl (C=O) groups is 1. The molecular formula is C38H45F3N6O6S. The highest BCUT2D eigenvalue weighted by molar-refractivity contribution is 7.89. The van der Waals surface area contributed by atoms with Crippen LogP contribution in [0.25, 0.3) is 5.65 Å². The van der Waals surface area contributed by atoms with Crippen molar-refractivity contribution in [2.45, 2.75) is 95.9 Å². The minimum Gasteiger partial charge on any atom is -0.481 e. The molecule has 2 fully saturated rings. The number of aromatic nitrogens is 4. The molecule has 5 heterocycles. The van der Waals surface area contributed by atoms with Gasteiger partial charge in [0.15, 0.2) is 5.65 Å². The minimum absolute atomic E-state index is 0.0235. The number of nitrogens with zero attached hydrogens (tertiary/aromatic N) is 6. The molecule has 3 aromatic heterocycles. The van der Waals surface area contributed by atoms with E-state index in [1.807, 2.05) is 13.0 Å². The molecule has 54 heavy (non-hydrogen) atoms. The highest BCUT2D eigenvalue weighted by Crippen LogP contribution is 2.48. The van der Waals surface area contributed by atoms with E-state index < -0.39 is 44.9 Å². The summed E-state index contributed by atoms with van der Waals surface area (Å²) in [5.74, 6) is -2.79. The Bertz CT molecular complexity index is 2210. The van der Waals surface area contributed by atoms with Gasteiger partial charge in [0.1, 0.15) is 17.1 Å². The van der Waals surface area contributed by atoms with Crippen LogP contribution in [0.2, 0.25) is 0 Å². The van der Waals surface area contributed by atoms with E-state index in [9.17, 15) is 31.5 Å². The summed E-state index contributed by atoms with van der Waals surface area (Å²) in [5, 5.41) is 17.6. The first-order valence-electron chi connectivity index (χ1n) is 18.2. The second-order valence-electron chi connectivity index (χ2n) is 15.5. The van der Waals surface area contributed by atoms with Crippen molar-refractivity contribution >= 4 is 21.6 Å². The molecule has 1 spiro atoms. The molecule has 0 radical (unpaired) electrons. The molecule has 3 aliphatic rings. The molecule has 1 aromatic carbocycles. The summed E-state index contributed by atoms with van der Waals surface area (Å²) in [6.07, 6.45) is 1.33. The number of pyridine rings is 2. The second-order valence-corrected chi connectivity index (χ2v) is 17.4. The quantitative estimate of drug-likeness (QED) is 0.196. The van der Waals surface area contributed by atoms with E-state index in [0.717, 1.165) is 29.6 Å². The number of ether oxygens (including phenoxy) is 2. The number of carboxylic acids is 1. The third kappa shape index (κ3) is 7.03. The lowest BCUT2D eigenvalue weighted by Gasteiger charge is -2.33. The van der Waals surface area contributed by atoms with Crippen molar-refractivity contribution in [2.75, 3.05) is 32.8 Å². The van der Waals surface area contributed by atoms with Crippen LogP contribution in [0.15, 0.2) is 41.4 Å². The van der Waals surface area contributed by atoms with Crippen LogP contribution in [0.1, 0.15) is 91.1 Å². The molecule has 0 amide bonds. The fourth-order valence-electron chi connectivity index (χ4n) is 7.68. The Morgan fingerprint density at radius 2 is 1.76 bits per heavy atom. The molecule has 16 heteroatoms. The van der Waals surface area contributed by atoms with Crippen molar-refractivity contribution in [3.8, 4) is 11.8 Å². The van der Waals surface area contributed by atoms with Crippen LogP contribution < -0.4 is 9.47 Å². The summed E-state index contributed by atoms with van der Waals surface area (Å²) >= 11 is 0. The first-order valence-corrected chi connectivity index (χ1v) is 19.7. The van der Waals surface area contributed by atoms with Crippen LogP contribution in [0.5, 0.6) is 11.8 Å². The molecule has 1 unspecified atom stereocenters. The van der Waals surface area contributed by atoms with E-state index in [-0.39, 0.29) is 29.5 Å². The zero-order valence-corrected chi connectivity index (χ0v) is 31.9. The third-order valence-electron chi connectivity index (χ3n) is 11.2. The summed E-state index contributed by atoms with van der Waals surface area (Å²) in [5.41, 5.74) is 1.13. The Hall–Kier alpha value is -4.28. The van der Waals surface area contributed by atoms with Crippen molar-refractivity contribution in [1.29, 1.82) is 0 Å². The minimum atomic E-state index is -4.74. The number of sulfonamides is 1. The molecule has 0 bridgehead atoms. The number of benzene rings is 1. The summed E-state index contributed by atoms with van der Waals surface area (Å²) in [6, 6.07) is 8.42. The lowest BCUT2D eigenvalue weighted by Crippen LogP contribution is -2.38. The van der Waals surface area contributed by atoms with Crippen LogP contribution in [-0.2, 0) is 27.5 Å². The Labute approximate surface area is 312 Å². The van der Waals surface area contributed by atoms with Crippen molar-refractivity contribution in [2.24, 2.45) is 5.41 Å². The molecule has 1 saturated carbocycles. The first-order chi connectivity index (χ1) is 25.4. The van der Waals surface area contributed by atoms with Gasteiger partial charge in [-0.05, 0) is 113 Å². The number of hydrogen-bond acceptors (Lipinski definition) is 9. The summed E-state index contributed by atoms with van der Waals surface area (Å²) in [4.78, 5) is 19.7. The van der Waals surface area contributed by atoms with Crippen LogP contribution in [-0.4, -0.2) is 86.7 Å². The third-order valence-corrected chi connectivity index (χ3v) is 12.9. The number of carboxylic acid groups (broad SMARTS) is 1. The van der Waals surface area contributed by atoms with E-state index in [0.29, 0.717) is 53.1 Å². The zero-order chi connectivity index (χ0) is 38.8. The molecule has 12 nitrogen and oxygen atoms in total. The Morgan fingerprint density at radius 1 is 1.04 bits per heavy atom. The van der Waals surface area contributed by atoms with Gasteiger partial charge in [-0.1, -0.05) is 24.6 Å². The summed E-state index contributed by atoms with van der Waals surface area (Å²) in [7, 11) is -4.13. The molecular weight excluding hydrogens is 726 g/mol. The Kier molecular flexibility index (Phi) is 9.70. The molecule has 290 valence electrons. The van der Waals surface area contributed by atoms with E-state index in [1.54, 1.807) is 45.9 Å². The smallest absolute Gasteiger partial charge is 0.452 e. The molecule has 1 N–H and O–H groups in total. The van der Waals surface area contributed by atoms with Crippen LogP contribution in [0.4, 0.5) is 13.2 Å². The van der Waals surface area contributed by atoms with Crippen molar-refractivity contribution < 1.29 is 41.0 Å². The topological polar surface area (TPSA) is 139 Å². The SMILES string of the molecule is Cc1ccc(C(c2ccn3c(C(F)(F)F)nnc3c2C)C(C)(C)C(=O)O)cc1CN1CC2(CC2)Oc2nc(OCCN3CCCCC3)c(C)cc2S1(=O)=O. The van der Waals surface area contributed by atoms with E-state index >= 15 is 0 Å². The Balaban J connectivity index is 1.22. The standard InChI is InChI=1S/C38H45F3N6O6S/c1-23-9-10-26(30(36(4,5)35(48)49)28-11-16-47-31(25(28)3)43-44-34(47)38(39,40)41)20-27(23)21-46-22-37(12-13-37)53-33-29(54(46,50)51)19-24(2)32(42-33)52-18-17-45-14-7-6-8-15-45/h9-11,16,19-20,30H,6-8,12-15,17-18,21-22H2,1-5H3,(H,48,49).